The van der Waals surface area contributed by atoms with E-state index in [9.17, 15) is 14.4 Å². The molecule has 2 aromatic heterocycles. The number of benzene rings is 1. The maximum Gasteiger partial charge on any atom is 0.303 e. The highest BCUT2D eigenvalue weighted by Gasteiger charge is 2.22. The summed E-state index contributed by atoms with van der Waals surface area (Å²) in [4.78, 5) is 41.4. The molecule has 0 unspecified atom stereocenters. The Hall–Kier alpha value is -2.65. The first kappa shape index (κ1) is 24.0. The van der Waals surface area contributed by atoms with Crippen molar-refractivity contribution in [2.75, 3.05) is 5.32 Å². The predicted molar refractivity (Wildman–Crippen MR) is 130 cm³/mol. The van der Waals surface area contributed by atoms with Gasteiger partial charge in [0.25, 0.3) is 5.56 Å². The first-order valence-electron chi connectivity index (χ1n) is 10.6. The Bertz CT molecular complexity index is 1140. The third-order valence-corrected chi connectivity index (χ3v) is 7.28. The zero-order chi connectivity index (χ0) is 23.1. The number of carboxylic acids is 1. The third-order valence-electron chi connectivity index (χ3n) is 5.03. The topological polar surface area (TPSA) is 101 Å². The van der Waals surface area contributed by atoms with Crippen LogP contribution in [-0.4, -0.2) is 31.8 Å². The van der Waals surface area contributed by atoms with Gasteiger partial charge in [-0.25, -0.2) is 4.98 Å². The summed E-state index contributed by atoms with van der Waals surface area (Å²) in [5, 5.41) is 13.7. The number of carbonyl (C=O) groups excluding carboxylic acids is 1. The fourth-order valence-electron chi connectivity index (χ4n) is 3.24. The Labute approximate surface area is 194 Å². The zero-order valence-corrected chi connectivity index (χ0v) is 19.8. The monoisotopic (exact) mass is 473 g/mol. The number of fused-ring (bicyclic) bond motifs is 1. The smallest absolute Gasteiger partial charge is 0.303 e. The quantitative estimate of drug-likeness (QED) is 0.233. The van der Waals surface area contributed by atoms with Gasteiger partial charge in [-0.3, -0.25) is 19.0 Å². The third kappa shape index (κ3) is 6.20. The molecule has 9 heteroatoms. The van der Waals surface area contributed by atoms with Gasteiger partial charge in [-0.1, -0.05) is 42.8 Å². The van der Waals surface area contributed by atoms with Gasteiger partial charge in [0.15, 0.2) is 5.16 Å². The molecule has 0 fully saturated rings. The molecule has 1 atom stereocenters. The lowest BCUT2D eigenvalue weighted by molar-refractivity contribution is -0.137. The van der Waals surface area contributed by atoms with Gasteiger partial charge in [0.2, 0.25) is 5.91 Å². The number of rotatable bonds is 11. The number of nitrogens with one attached hydrogen (secondary N) is 1. The van der Waals surface area contributed by atoms with E-state index in [1.54, 1.807) is 4.57 Å². The molecule has 0 aliphatic rings. The molecule has 2 heterocycles. The van der Waals surface area contributed by atoms with Crippen LogP contribution >= 0.6 is 23.1 Å². The second-order valence-corrected chi connectivity index (χ2v) is 9.65. The van der Waals surface area contributed by atoms with Crippen LogP contribution in [0.15, 0.2) is 45.7 Å². The van der Waals surface area contributed by atoms with Gasteiger partial charge in [0.1, 0.15) is 4.70 Å². The molecule has 0 aliphatic carbocycles. The van der Waals surface area contributed by atoms with Crippen LogP contribution < -0.4 is 10.9 Å². The summed E-state index contributed by atoms with van der Waals surface area (Å²) in [5.74, 6) is -0.945. The summed E-state index contributed by atoms with van der Waals surface area (Å²) in [6.07, 6.45) is 2.65. The van der Waals surface area contributed by atoms with Crippen molar-refractivity contribution >= 4 is 50.9 Å². The summed E-state index contributed by atoms with van der Waals surface area (Å²) in [6, 6.07) is 9.44. The van der Waals surface area contributed by atoms with Crippen LogP contribution in [0.5, 0.6) is 0 Å². The summed E-state index contributed by atoms with van der Waals surface area (Å²) < 4.78 is 2.23. The summed E-state index contributed by atoms with van der Waals surface area (Å²) in [5.41, 5.74) is 2.37. The van der Waals surface area contributed by atoms with E-state index < -0.39 is 11.2 Å². The number of thioether (sulfide) groups is 1. The van der Waals surface area contributed by atoms with Crippen molar-refractivity contribution in [3.63, 3.8) is 0 Å². The van der Waals surface area contributed by atoms with Gasteiger partial charge in [-0.2, -0.15) is 0 Å². The van der Waals surface area contributed by atoms with Crippen LogP contribution in [0.3, 0.4) is 0 Å². The van der Waals surface area contributed by atoms with Crippen LogP contribution in [0.1, 0.15) is 44.6 Å². The number of aromatic nitrogens is 2. The van der Waals surface area contributed by atoms with E-state index in [2.05, 4.69) is 10.3 Å². The molecule has 1 amide bonds. The van der Waals surface area contributed by atoms with Crippen LogP contribution in [0.4, 0.5) is 5.69 Å². The van der Waals surface area contributed by atoms with E-state index in [4.69, 9.17) is 5.11 Å². The van der Waals surface area contributed by atoms with E-state index >= 15 is 0 Å². The van der Waals surface area contributed by atoms with Crippen molar-refractivity contribution in [1.29, 1.82) is 0 Å². The normalized spacial score (nSPS) is 12.1. The molecule has 3 rings (SSSR count). The minimum atomic E-state index is -0.814. The van der Waals surface area contributed by atoms with E-state index in [1.165, 1.54) is 23.1 Å². The molecule has 170 valence electrons. The molecule has 7 nitrogen and oxygen atoms in total. The molecular formula is C23H27N3O4S2. The first-order chi connectivity index (χ1) is 15.4. The van der Waals surface area contributed by atoms with Gasteiger partial charge in [-0.15, -0.1) is 11.3 Å². The maximum absolute atomic E-state index is 13.1. The van der Waals surface area contributed by atoms with E-state index in [1.807, 2.05) is 49.6 Å². The van der Waals surface area contributed by atoms with Crippen LogP contribution in [0.2, 0.25) is 0 Å². The van der Waals surface area contributed by atoms with Crippen molar-refractivity contribution in [2.24, 2.45) is 0 Å². The van der Waals surface area contributed by atoms with Gasteiger partial charge in [0, 0.05) is 18.7 Å². The largest absolute Gasteiger partial charge is 0.481 e. The van der Waals surface area contributed by atoms with Gasteiger partial charge in [0.05, 0.1) is 10.8 Å². The Kier molecular flexibility index (Phi) is 8.46. The zero-order valence-electron chi connectivity index (χ0n) is 18.2. The van der Waals surface area contributed by atoms with Crippen LogP contribution in [0, 0.1) is 6.92 Å². The number of aliphatic carboxylic acids is 1. The summed E-state index contributed by atoms with van der Waals surface area (Å²) in [6.45, 7) is 4.37. The lowest BCUT2D eigenvalue weighted by Crippen LogP contribution is -2.28. The number of carbonyl (C=O) groups is 2. The maximum atomic E-state index is 13.1. The number of amides is 1. The second-order valence-electron chi connectivity index (χ2n) is 7.56. The molecule has 32 heavy (non-hydrogen) atoms. The van der Waals surface area contributed by atoms with Crippen LogP contribution in [0.25, 0.3) is 10.2 Å². The Balaban J connectivity index is 1.78. The number of carboxylic acid groups (broad SMARTS) is 1. The number of nitrogens with zero attached hydrogens (tertiary/aromatic N) is 2. The average Bonchev–Trinajstić information content (AvgIpc) is 3.23. The number of unbranched alkanes of at least 4 members (excludes halogenated alkanes) is 2. The summed E-state index contributed by atoms with van der Waals surface area (Å²) >= 11 is 2.65. The highest BCUT2D eigenvalue weighted by Crippen LogP contribution is 2.27. The molecule has 0 saturated heterocycles. The van der Waals surface area contributed by atoms with E-state index in [0.717, 1.165) is 11.3 Å². The van der Waals surface area contributed by atoms with Crippen LogP contribution in [-0.2, 0) is 16.1 Å². The molecule has 0 spiro atoms. The number of hydrogen-bond acceptors (Lipinski definition) is 6. The fraction of sp³-hybridized carbons (Fsp3) is 0.391. The van der Waals surface area contributed by atoms with Crippen molar-refractivity contribution in [3.05, 3.63) is 51.6 Å². The van der Waals surface area contributed by atoms with Gasteiger partial charge >= 0.3 is 5.97 Å². The number of hydrogen-bond donors (Lipinski definition) is 2. The molecule has 0 aliphatic heterocycles. The van der Waals surface area contributed by atoms with Gasteiger partial charge in [-0.05, 0) is 49.8 Å². The van der Waals surface area contributed by atoms with Crippen molar-refractivity contribution in [3.8, 4) is 0 Å². The SMILES string of the molecule is CC[C@H](Sc1nc2ccsc2c(=O)n1CCCCCC(=O)O)C(=O)Nc1ccc(C)cc1. The van der Waals surface area contributed by atoms with Crippen molar-refractivity contribution in [2.45, 2.75) is 62.9 Å². The predicted octanol–water partition coefficient (Wildman–Crippen LogP) is 4.92. The standard InChI is InChI=1S/C23H27N3O4S2/c1-3-18(21(29)24-16-10-8-15(2)9-11-16)32-23-25-17-12-14-31-20(17)22(30)26(23)13-6-4-5-7-19(27)28/h8-12,14,18H,3-7,13H2,1-2H3,(H,24,29)(H,27,28)/t18-/m0/s1. The highest BCUT2D eigenvalue weighted by atomic mass is 32.2. The number of aryl methyl sites for hydroxylation is 1. The fourth-order valence-corrected chi connectivity index (χ4v) is 5.06. The van der Waals surface area contributed by atoms with E-state index in [-0.39, 0.29) is 17.9 Å². The molecule has 1 aromatic carbocycles. The second kappa shape index (κ2) is 11.3. The molecule has 0 saturated carbocycles. The Morgan fingerprint density at radius 1 is 1.19 bits per heavy atom. The Morgan fingerprint density at radius 2 is 1.94 bits per heavy atom. The molecular weight excluding hydrogens is 446 g/mol. The molecule has 0 bridgehead atoms. The minimum Gasteiger partial charge on any atom is -0.481 e. The molecule has 0 radical (unpaired) electrons. The van der Waals surface area contributed by atoms with E-state index in [0.29, 0.717) is 47.6 Å². The van der Waals surface area contributed by atoms with Crippen molar-refractivity contribution in [1.82, 2.24) is 9.55 Å². The van der Waals surface area contributed by atoms with Crippen molar-refractivity contribution < 1.29 is 14.7 Å². The lowest BCUT2D eigenvalue weighted by atomic mass is 10.2. The first-order valence-corrected chi connectivity index (χ1v) is 12.4. The van der Waals surface area contributed by atoms with Gasteiger partial charge < -0.3 is 10.4 Å². The number of anilines is 1. The highest BCUT2D eigenvalue weighted by molar-refractivity contribution is 8.00. The molecule has 2 N–H and O–H groups in total. The molecule has 3 aromatic rings. The summed E-state index contributed by atoms with van der Waals surface area (Å²) in [7, 11) is 0. The minimum absolute atomic E-state index is 0.112. The average molecular weight is 474 g/mol. The number of thiophene rings is 1. The Morgan fingerprint density at radius 3 is 2.62 bits per heavy atom. The lowest BCUT2D eigenvalue weighted by Gasteiger charge is -2.17.